The fraction of sp³-hybridized carbons (Fsp3) is 0.467. The summed E-state index contributed by atoms with van der Waals surface area (Å²) in [6, 6.07) is 5.58. The molecule has 0 bridgehead atoms. The van der Waals surface area contributed by atoms with Crippen molar-refractivity contribution in [2.45, 2.75) is 38.1 Å². The highest BCUT2D eigenvalue weighted by Crippen LogP contribution is 2.15. The molecule has 7 heteroatoms. The number of hydrogen-bond acceptors (Lipinski definition) is 4. The SMILES string of the molecule is CCS(=O)(=O)c1ccc(C(=O)N(CCC(=O)O)C(C)C)cc1. The van der Waals surface area contributed by atoms with Crippen molar-refractivity contribution in [1.82, 2.24) is 4.90 Å². The van der Waals surface area contributed by atoms with Gasteiger partial charge < -0.3 is 10.0 Å². The van der Waals surface area contributed by atoms with Crippen LogP contribution in [0.15, 0.2) is 29.2 Å². The highest BCUT2D eigenvalue weighted by Gasteiger charge is 2.20. The molecule has 1 aromatic rings. The summed E-state index contributed by atoms with van der Waals surface area (Å²) in [5, 5.41) is 8.74. The second-order valence-electron chi connectivity index (χ2n) is 5.16. The van der Waals surface area contributed by atoms with E-state index in [-0.39, 0.29) is 35.6 Å². The quantitative estimate of drug-likeness (QED) is 0.824. The molecule has 122 valence electrons. The summed E-state index contributed by atoms with van der Waals surface area (Å²) in [4.78, 5) is 24.7. The van der Waals surface area contributed by atoms with Crippen molar-refractivity contribution in [3.8, 4) is 0 Å². The predicted molar refractivity (Wildman–Crippen MR) is 82.6 cm³/mol. The molecule has 6 nitrogen and oxygen atoms in total. The van der Waals surface area contributed by atoms with Crippen molar-refractivity contribution < 1.29 is 23.1 Å². The fourth-order valence-electron chi connectivity index (χ4n) is 1.95. The third kappa shape index (κ3) is 4.56. The monoisotopic (exact) mass is 327 g/mol. The number of hydrogen-bond donors (Lipinski definition) is 1. The van der Waals surface area contributed by atoms with Crippen molar-refractivity contribution in [1.29, 1.82) is 0 Å². The number of rotatable bonds is 7. The number of benzene rings is 1. The predicted octanol–water partition coefficient (Wildman–Crippen LogP) is 1.81. The van der Waals surface area contributed by atoms with E-state index in [9.17, 15) is 18.0 Å². The maximum absolute atomic E-state index is 12.4. The lowest BCUT2D eigenvalue weighted by atomic mass is 10.1. The van der Waals surface area contributed by atoms with E-state index in [2.05, 4.69) is 0 Å². The number of sulfone groups is 1. The van der Waals surface area contributed by atoms with Gasteiger partial charge in [0.05, 0.1) is 17.1 Å². The van der Waals surface area contributed by atoms with E-state index in [0.717, 1.165) is 0 Å². The van der Waals surface area contributed by atoms with Crippen molar-refractivity contribution in [2.24, 2.45) is 0 Å². The van der Waals surface area contributed by atoms with E-state index in [0.29, 0.717) is 5.56 Å². The minimum Gasteiger partial charge on any atom is -0.481 e. The van der Waals surface area contributed by atoms with Crippen molar-refractivity contribution in [3.05, 3.63) is 29.8 Å². The molecule has 0 aliphatic heterocycles. The zero-order chi connectivity index (χ0) is 16.9. The van der Waals surface area contributed by atoms with Gasteiger partial charge in [0.25, 0.3) is 5.91 Å². The average Bonchev–Trinajstić information content (AvgIpc) is 2.46. The van der Waals surface area contributed by atoms with Gasteiger partial charge in [-0.3, -0.25) is 9.59 Å². The normalized spacial score (nSPS) is 11.5. The van der Waals surface area contributed by atoms with Gasteiger partial charge in [0.1, 0.15) is 0 Å². The molecule has 0 spiro atoms. The molecule has 0 saturated heterocycles. The van der Waals surface area contributed by atoms with E-state index in [1.165, 1.54) is 29.2 Å². The number of nitrogens with zero attached hydrogens (tertiary/aromatic N) is 1. The second-order valence-corrected chi connectivity index (χ2v) is 7.44. The van der Waals surface area contributed by atoms with Crippen LogP contribution in [0, 0.1) is 0 Å². The molecule has 0 heterocycles. The Labute approximate surface area is 130 Å². The number of amides is 1. The van der Waals surface area contributed by atoms with Crippen LogP contribution in [0.2, 0.25) is 0 Å². The van der Waals surface area contributed by atoms with Crippen molar-refractivity contribution in [2.75, 3.05) is 12.3 Å². The average molecular weight is 327 g/mol. The number of carbonyl (C=O) groups is 2. The number of carbonyl (C=O) groups excluding carboxylic acids is 1. The van der Waals surface area contributed by atoms with Crippen LogP contribution in [0.5, 0.6) is 0 Å². The van der Waals surface area contributed by atoms with E-state index in [1.54, 1.807) is 20.8 Å². The molecular formula is C15H21NO5S. The van der Waals surface area contributed by atoms with E-state index in [1.807, 2.05) is 0 Å². The first-order valence-electron chi connectivity index (χ1n) is 7.04. The molecule has 0 saturated carbocycles. The van der Waals surface area contributed by atoms with Crippen molar-refractivity contribution in [3.63, 3.8) is 0 Å². The molecule has 0 fully saturated rings. The van der Waals surface area contributed by atoms with Crippen LogP contribution < -0.4 is 0 Å². The van der Waals surface area contributed by atoms with Gasteiger partial charge in [0, 0.05) is 18.2 Å². The molecule has 1 amide bonds. The van der Waals surface area contributed by atoms with E-state index < -0.39 is 15.8 Å². The standard InChI is InChI=1S/C15H21NO5S/c1-4-22(20,21)13-7-5-12(6-8-13)15(19)16(11(2)3)10-9-14(17)18/h5-8,11H,4,9-10H2,1-3H3,(H,17,18). The minimum atomic E-state index is -3.30. The van der Waals surface area contributed by atoms with Crippen molar-refractivity contribution >= 4 is 21.7 Å². The minimum absolute atomic E-state index is 0.00295. The molecule has 1 aromatic carbocycles. The number of aliphatic carboxylic acids is 1. The topological polar surface area (TPSA) is 91.8 Å². The Morgan fingerprint density at radius 2 is 1.73 bits per heavy atom. The van der Waals surface area contributed by atoms with Gasteiger partial charge in [0.2, 0.25) is 0 Å². The molecule has 0 radical (unpaired) electrons. The zero-order valence-corrected chi connectivity index (χ0v) is 13.8. The molecule has 0 aromatic heterocycles. The number of carboxylic acids is 1. The second kappa shape index (κ2) is 7.40. The zero-order valence-electron chi connectivity index (χ0n) is 12.9. The van der Waals surface area contributed by atoms with Crippen LogP contribution >= 0.6 is 0 Å². The Balaban J connectivity index is 2.98. The van der Waals surface area contributed by atoms with Gasteiger partial charge in [-0.1, -0.05) is 6.92 Å². The molecule has 0 aliphatic rings. The first kappa shape index (κ1) is 18.2. The van der Waals surface area contributed by atoms with Gasteiger partial charge in [0.15, 0.2) is 9.84 Å². The lowest BCUT2D eigenvalue weighted by Crippen LogP contribution is -2.38. The van der Waals surface area contributed by atoms with E-state index in [4.69, 9.17) is 5.11 Å². The van der Waals surface area contributed by atoms with Crippen LogP contribution in [0.1, 0.15) is 37.6 Å². The van der Waals surface area contributed by atoms with E-state index >= 15 is 0 Å². The molecular weight excluding hydrogens is 306 g/mol. The number of carboxylic acid groups (broad SMARTS) is 1. The summed E-state index contributed by atoms with van der Waals surface area (Å²) in [6.45, 7) is 5.27. The third-order valence-electron chi connectivity index (χ3n) is 3.29. The smallest absolute Gasteiger partial charge is 0.305 e. The summed E-state index contributed by atoms with van der Waals surface area (Å²) in [6.07, 6.45) is -0.133. The molecule has 0 unspecified atom stereocenters. The summed E-state index contributed by atoms with van der Waals surface area (Å²) in [5.74, 6) is -1.28. The third-order valence-corrected chi connectivity index (χ3v) is 5.04. The van der Waals surface area contributed by atoms with Gasteiger partial charge in [-0.05, 0) is 38.1 Å². The van der Waals surface area contributed by atoms with Gasteiger partial charge in [-0.15, -0.1) is 0 Å². The van der Waals surface area contributed by atoms with Gasteiger partial charge >= 0.3 is 5.97 Å². The maximum atomic E-state index is 12.4. The van der Waals surface area contributed by atoms with Crippen LogP contribution in [0.25, 0.3) is 0 Å². The van der Waals surface area contributed by atoms with Gasteiger partial charge in [-0.2, -0.15) is 0 Å². The Morgan fingerprint density at radius 3 is 2.14 bits per heavy atom. The Morgan fingerprint density at radius 1 is 1.18 bits per heavy atom. The largest absolute Gasteiger partial charge is 0.481 e. The molecule has 0 aliphatic carbocycles. The van der Waals surface area contributed by atoms with Crippen LogP contribution in [0.4, 0.5) is 0 Å². The Bertz CT molecular complexity index is 634. The highest BCUT2D eigenvalue weighted by molar-refractivity contribution is 7.91. The lowest BCUT2D eigenvalue weighted by molar-refractivity contribution is -0.137. The molecule has 22 heavy (non-hydrogen) atoms. The maximum Gasteiger partial charge on any atom is 0.305 e. The first-order chi connectivity index (χ1) is 10.2. The molecule has 1 rings (SSSR count). The van der Waals surface area contributed by atoms with Crippen LogP contribution in [-0.4, -0.2) is 48.6 Å². The summed E-state index contributed by atoms with van der Waals surface area (Å²) >= 11 is 0. The summed E-state index contributed by atoms with van der Waals surface area (Å²) in [7, 11) is -3.30. The van der Waals surface area contributed by atoms with Crippen LogP contribution in [0.3, 0.4) is 0 Å². The first-order valence-corrected chi connectivity index (χ1v) is 8.70. The summed E-state index contributed by atoms with van der Waals surface area (Å²) < 4.78 is 23.5. The molecule has 1 N–H and O–H groups in total. The lowest BCUT2D eigenvalue weighted by Gasteiger charge is -2.26. The Kier molecular flexibility index (Phi) is 6.11. The highest BCUT2D eigenvalue weighted by atomic mass is 32.2. The molecule has 0 atom stereocenters. The Hall–Kier alpha value is -1.89. The summed E-state index contributed by atoms with van der Waals surface area (Å²) in [5.41, 5.74) is 0.342. The fourth-order valence-corrected chi connectivity index (χ4v) is 2.83. The van der Waals surface area contributed by atoms with Gasteiger partial charge in [-0.25, -0.2) is 8.42 Å². The van der Waals surface area contributed by atoms with Crippen LogP contribution in [-0.2, 0) is 14.6 Å².